The molecule has 43 heavy (non-hydrogen) atoms. The van der Waals surface area contributed by atoms with Gasteiger partial charge in [0.1, 0.15) is 0 Å². The van der Waals surface area contributed by atoms with Crippen molar-refractivity contribution in [2.45, 2.75) is 12.0 Å². The summed E-state index contributed by atoms with van der Waals surface area (Å²) in [6, 6.07) is 13.8. The Balaban J connectivity index is 1.34. The summed E-state index contributed by atoms with van der Waals surface area (Å²) in [6.07, 6.45) is 1.53. The number of carbonyl (C=O) groups is 3. The lowest BCUT2D eigenvalue weighted by Gasteiger charge is -2.39. The number of ketones is 1. The minimum Gasteiger partial charge on any atom is -0.493 e. The lowest BCUT2D eigenvalue weighted by Crippen LogP contribution is -2.44. The number of hydrogen-bond acceptors (Lipinski definition) is 9. The summed E-state index contributed by atoms with van der Waals surface area (Å²) in [6.45, 7) is 0.0998. The summed E-state index contributed by atoms with van der Waals surface area (Å²) < 4.78 is 33.8. The number of rotatable bonds is 7. The first-order valence-corrected chi connectivity index (χ1v) is 13.7. The van der Waals surface area contributed by atoms with Crippen LogP contribution in [0, 0.1) is 11.8 Å². The average Bonchev–Trinajstić information content (AvgIpc) is 3.77. The van der Waals surface area contributed by atoms with E-state index in [2.05, 4.69) is 10.3 Å². The molecule has 11 nitrogen and oxygen atoms in total. The van der Waals surface area contributed by atoms with Crippen molar-refractivity contribution in [1.29, 1.82) is 0 Å². The number of carbonyl (C=O) groups excluding carboxylic acids is 3. The molecule has 3 aliphatic rings. The number of amides is 1. The largest absolute Gasteiger partial charge is 0.493 e. The molecule has 1 fully saturated rings. The summed E-state index contributed by atoms with van der Waals surface area (Å²) in [5.74, 6) is -1.27. The van der Waals surface area contributed by atoms with E-state index in [0.29, 0.717) is 39.7 Å². The second kappa shape index (κ2) is 10.3. The number of nitrogens with one attached hydrogen (secondary N) is 2. The van der Waals surface area contributed by atoms with Gasteiger partial charge in [-0.05, 0) is 47.0 Å². The zero-order valence-corrected chi connectivity index (χ0v) is 23.6. The van der Waals surface area contributed by atoms with Gasteiger partial charge in [-0.3, -0.25) is 14.4 Å². The zero-order valence-electron chi connectivity index (χ0n) is 23.6. The number of cyclic esters (lactones) is 1. The molecule has 3 aromatic carbocycles. The number of ether oxygens (including phenoxy) is 6. The first-order valence-electron chi connectivity index (χ1n) is 13.7. The standard InChI is InChI=1S/C32H28N2O9/c1-38-24-8-15(9-25(39-2)30(24)40-3)26-17-10-22-23(43-14-42-22)11-18(17)28(20-13-41-32(37)27(20)26)34-31(36)29(35)19-12-33-21-7-5-4-6-16(19)21/h4-12,20,26-28,33H,13-14H2,1-3H3,(H,34,36)/t20-,26+,27-,28+/m0/s1. The van der Waals surface area contributed by atoms with E-state index in [-0.39, 0.29) is 19.0 Å². The molecule has 2 aliphatic heterocycles. The van der Waals surface area contributed by atoms with Gasteiger partial charge in [0, 0.05) is 28.9 Å². The monoisotopic (exact) mass is 584 g/mol. The average molecular weight is 585 g/mol. The molecule has 4 aromatic rings. The van der Waals surface area contributed by atoms with Gasteiger partial charge in [0.25, 0.3) is 11.7 Å². The van der Waals surface area contributed by atoms with Crippen LogP contribution in [0.3, 0.4) is 0 Å². The molecule has 4 atom stereocenters. The van der Waals surface area contributed by atoms with Crippen molar-refractivity contribution in [2.24, 2.45) is 11.8 Å². The van der Waals surface area contributed by atoms with Crippen LogP contribution in [0.2, 0.25) is 0 Å². The van der Waals surface area contributed by atoms with Crippen molar-refractivity contribution in [3.05, 3.63) is 77.0 Å². The van der Waals surface area contributed by atoms with E-state index in [4.69, 9.17) is 28.4 Å². The van der Waals surface area contributed by atoms with Gasteiger partial charge in [-0.1, -0.05) is 18.2 Å². The topological polar surface area (TPSA) is 134 Å². The Kier molecular flexibility index (Phi) is 6.37. The van der Waals surface area contributed by atoms with Crippen LogP contribution in [0.1, 0.15) is 39.0 Å². The third kappa shape index (κ3) is 4.14. The first kappa shape index (κ1) is 26.7. The van der Waals surface area contributed by atoms with E-state index in [1.54, 1.807) is 12.1 Å². The second-order valence-electron chi connectivity index (χ2n) is 10.6. The second-order valence-corrected chi connectivity index (χ2v) is 10.6. The molecular formula is C32H28N2O9. The number of aromatic nitrogens is 1. The highest BCUT2D eigenvalue weighted by Gasteiger charge is 2.53. The van der Waals surface area contributed by atoms with Gasteiger partial charge in [0.15, 0.2) is 23.0 Å². The number of methoxy groups -OCH3 is 3. The van der Waals surface area contributed by atoms with Crippen LogP contribution in [0.15, 0.2) is 54.7 Å². The maximum atomic E-state index is 13.6. The lowest BCUT2D eigenvalue weighted by molar-refractivity contribution is -0.141. The van der Waals surface area contributed by atoms with E-state index in [1.807, 2.05) is 36.4 Å². The van der Waals surface area contributed by atoms with E-state index in [0.717, 1.165) is 16.6 Å². The van der Waals surface area contributed by atoms with Crippen LogP contribution in [0.5, 0.6) is 28.7 Å². The number of aromatic amines is 1. The molecule has 1 aromatic heterocycles. The van der Waals surface area contributed by atoms with Gasteiger partial charge in [-0.15, -0.1) is 0 Å². The highest BCUT2D eigenvalue weighted by molar-refractivity contribution is 6.45. The Morgan fingerprint density at radius 1 is 0.907 bits per heavy atom. The van der Waals surface area contributed by atoms with E-state index in [1.165, 1.54) is 27.5 Å². The van der Waals surface area contributed by atoms with Crippen molar-refractivity contribution in [3.63, 3.8) is 0 Å². The normalized spacial score (nSPS) is 21.5. The minimum atomic E-state index is -0.789. The summed E-state index contributed by atoms with van der Waals surface area (Å²) in [4.78, 5) is 43.4. The number of Topliss-reactive ketones (excluding diaryl/α,β-unsaturated/α-hetero) is 1. The minimum absolute atomic E-state index is 0.0397. The van der Waals surface area contributed by atoms with Crippen LogP contribution in [-0.4, -0.2) is 57.4 Å². The molecule has 7 rings (SSSR count). The van der Waals surface area contributed by atoms with Crippen molar-refractivity contribution >= 4 is 28.6 Å². The SMILES string of the molecule is COc1cc([C@@H]2c3cc4c(cc3[C@@H](NC(=O)C(=O)c3c[nH]c5ccccc35)[C@H]3COC(=O)[C@H]23)OCO4)cc(OC)c1OC. The van der Waals surface area contributed by atoms with Crippen LogP contribution >= 0.6 is 0 Å². The number of esters is 1. The molecule has 0 unspecified atom stereocenters. The Hall–Kier alpha value is -5.19. The summed E-state index contributed by atoms with van der Waals surface area (Å²) in [5, 5.41) is 3.59. The van der Waals surface area contributed by atoms with Crippen molar-refractivity contribution in [1.82, 2.24) is 10.3 Å². The van der Waals surface area contributed by atoms with Crippen molar-refractivity contribution in [2.75, 3.05) is 34.7 Å². The Morgan fingerprint density at radius 2 is 1.60 bits per heavy atom. The van der Waals surface area contributed by atoms with Crippen molar-refractivity contribution in [3.8, 4) is 28.7 Å². The zero-order chi connectivity index (χ0) is 29.8. The van der Waals surface area contributed by atoms with E-state index < -0.39 is 41.5 Å². The fourth-order valence-corrected chi connectivity index (χ4v) is 6.62. The Bertz CT molecular complexity index is 1770. The number of para-hydroxylation sites is 1. The van der Waals surface area contributed by atoms with Gasteiger partial charge < -0.3 is 38.7 Å². The molecule has 220 valence electrons. The number of hydrogen-bond donors (Lipinski definition) is 2. The van der Waals surface area contributed by atoms with E-state index in [9.17, 15) is 14.4 Å². The van der Waals surface area contributed by atoms with Crippen LogP contribution < -0.4 is 29.0 Å². The van der Waals surface area contributed by atoms with Crippen LogP contribution in [0.25, 0.3) is 10.9 Å². The van der Waals surface area contributed by atoms with Gasteiger partial charge >= 0.3 is 5.97 Å². The van der Waals surface area contributed by atoms with Gasteiger partial charge in [0.05, 0.1) is 45.5 Å². The highest BCUT2D eigenvalue weighted by atomic mass is 16.7. The highest BCUT2D eigenvalue weighted by Crippen LogP contribution is 2.55. The van der Waals surface area contributed by atoms with Crippen LogP contribution in [0.4, 0.5) is 0 Å². The summed E-state index contributed by atoms with van der Waals surface area (Å²) in [7, 11) is 4.57. The molecule has 11 heteroatoms. The Morgan fingerprint density at radius 3 is 2.30 bits per heavy atom. The van der Waals surface area contributed by atoms with Crippen molar-refractivity contribution < 1.29 is 42.8 Å². The molecule has 1 amide bonds. The van der Waals surface area contributed by atoms with Crippen LogP contribution in [-0.2, 0) is 14.3 Å². The quantitative estimate of drug-likeness (QED) is 0.188. The third-order valence-corrected chi connectivity index (χ3v) is 8.56. The molecule has 1 saturated heterocycles. The predicted octanol–water partition coefficient (Wildman–Crippen LogP) is 3.90. The molecule has 0 radical (unpaired) electrons. The molecular weight excluding hydrogens is 556 g/mol. The Labute approximate surface area is 246 Å². The third-order valence-electron chi connectivity index (χ3n) is 8.56. The fourth-order valence-electron chi connectivity index (χ4n) is 6.62. The molecule has 3 heterocycles. The smallest absolute Gasteiger partial charge is 0.310 e. The van der Waals surface area contributed by atoms with Gasteiger partial charge in [-0.25, -0.2) is 0 Å². The molecule has 2 N–H and O–H groups in total. The molecule has 0 saturated carbocycles. The van der Waals surface area contributed by atoms with E-state index >= 15 is 0 Å². The molecule has 1 aliphatic carbocycles. The summed E-state index contributed by atoms with van der Waals surface area (Å²) in [5.41, 5.74) is 3.16. The van der Waals surface area contributed by atoms with Gasteiger partial charge in [-0.2, -0.15) is 0 Å². The maximum Gasteiger partial charge on any atom is 0.310 e. The maximum absolute atomic E-state index is 13.6. The number of benzene rings is 3. The number of H-pyrrole nitrogens is 1. The summed E-state index contributed by atoms with van der Waals surface area (Å²) >= 11 is 0. The molecule has 0 bridgehead atoms. The van der Waals surface area contributed by atoms with Gasteiger partial charge in [0.2, 0.25) is 12.5 Å². The molecule has 0 spiro atoms. The fraction of sp³-hybridized carbons (Fsp3) is 0.281. The first-order chi connectivity index (χ1) is 20.9. The predicted molar refractivity (Wildman–Crippen MR) is 152 cm³/mol. The lowest BCUT2D eigenvalue weighted by atomic mass is 9.65. The number of fused-ring (bicyclic) bond motifs is 4.